The van der Waals surface area contributed by atoms with E-state index in [1.165, 1.54) is 18.8 Å². The molecule has 1 atom stereocenters. The molecule has 1 aromatic carbocycles. The highest BCUT2D eigenvalue weighted by Crippen LogP contribution is 2.19. The molecule has 0 bridgehead atoms. The van der Waals surface area contributed by atoms with Crippen molar-refractivity contribution in [3.05, 3.63) is 29.8 Å². The number of carbonyl (C=O) groups is 2. The van der Waals surface area contributed by atoms with Crippen molar-refractivity contribution in [3.63, 3.8) is 0 Å². The number of benzene rings is 1. The van der Waals surface area contributed by atoms with E-state index in [0.29, 0.717) is 5.75 Å². The molecular formula is C17H25NO5S. The summed E-state index contributed by atoms with van der Waals surface area (Å²) in [5, 5.41) is 9.38. The molecule has 0 unspecified atom stereocenters. The summed E-state index contributed by atoms with van der Waals surface area (Å²) in [4.78, 5) is 24.6. The molecule has 6 nitrogen and oxygen atoms in total. The zero-order chi connectivity index (χ0) is 18.3. The highest BCUT2D eigenvalue weighted by Gasteiger charge is 2.29. The molecule has 0 saturated heterocycles. The van der Waals surface area contributed by atoms with Crippen LogP contribution in [0.1, 0.15) is 26.3 Å². The summed E-state index contributed by atoms with van der Waals surface area (Å²) >= 11 is 1.45. The maximum absolute atomic E-state index is 12.0. The Morgan fingerprint density at radius 2 is 1.83 bits per heavy atom. The van der Waals surface area contributed by atoms with Crippen molar-refractivity contribution in [1.29, 1.82) is 0 Å². The highest BCUT2D eigenvalue weighted by atomic mass is 32.2. The van der Waals surface area contributed by atoms with Gasteiger partial charge in [0, 0.05) is 18.6 Å². The third kappa shape index (κ3) is 6.70. The zero-order valence-electron chi connectivity index (χ0n) is 14.7. The predicted molar refractivity (Wildman–Crippen MR) is 94.6 cm³/mol. The van der Waals surface area contributed by atoms with Crippen LogP contribution < -0.4 is 4.74 Å². The van der Waals surface area contributed by atoms with Gasteiger partial charge >= 0.3 is 12.1 Å². The van der Waals surface area contributed by atoms with Crippen LogP contribution in [0.4, 0.5) is 4.79 Å². The number of rotatable bonds is 7. The van der Waals surface area contributed by atoms with Crippen LogP contribution >= 0.6 is 11.8 Å². The molecule has 0 aliphatic rings. The van der Waals surface area contributed by atoms with Gasteiger partial charge in [-0.1, -0.05) is 12.1 Å². The molecule has 24 heavy (non-hydrogen) atoms. The van der Waals surface area contributed by atoms with Crippen LogP contribution in [-0.4, -0.2) is 53.6 Å². The van der Waals surface area contributed by atoms with Crippen molar-refractivity contribution < 1.29 is 24.2 Å². The van der Waals surface area contributed by atoms with Crippen LogP contribution in [0.2, 0.25) is 0 Å². The second-order valence-electron chi connectivity index (χ2n) is 6.31. The van der Waals surface area contributed by atoms with Gasteiger partial charge in [-0.05, 0) is 38.5 Å². The molecule has 0 heterocycles. The van der Waals surface area contributed by atoms with E-state index < -0.39 is 23.7 Å². The third-order valence-electron chi connectivity index (χ3n) is 3.14. The Hall–Kier alpha value is -1.89. The minimum Gasteiger partial charge on any atom is -0.497 e. The van der Waals surface area contributed by atoms with E-state index in [4.69, 9.17) is 9.47 Å². The Kier molecular flexibility index (Phi) is 7.41. The van der Waals surface area contributed by atoms with Crippen LogP contribution in [0.25, 0.3) is 0 Å². The molecular weight excluding hydrogens is 330 g/mol. The molecule has 1 amide bonds. The zero-order valence-corrected chi connectivity index (χ0v) is 15.6. The largest absolute Gasteiger partial charge is 0.497 e. The van der Waals surface area contributed by atoms with Crippen LogP contribution in [-0.2, 0) is 15.3 Å². The van der Waals surface area contributed by atoms with Crippen molar-refractivity contribution in [2.24, 2.45) is 0 Å². The fourth-order valence-electron chi connectivity index (χ4n) is 1.82. The quantitative estimate of drug-likeness (QED) is 0.809. The second-order valence-corrected chi connectivity index (χ2v) is 7.34. The number of hydrogen-bond donors (Lipinski definition) is 1. The van der Waals surface area contributed by atoms with Gasteiger partial charge in [0.15, 0.2) is 0 Å². The molecule has 134 valence electrons. The molecule has 1 N–H and O–H groups in total. The van der Waals surface area contributed by atoms with Crippen molar-refractivity contribution >= 4 is 23.8 Å². The summed E-state index contributed by atoms with van der Waals surface area (Å²) in [6.07, 6.45) is -0.639. The minimum atomic E-state index is -1.05. The van der Waals surface area contributed by atoms with Crippen LogP contribution in [0, 0.1) is 0 Å². The van der Waals surface area contributed by atoms with Gasteiger partial charge in [0.2, 0.25) is 0 Å². The fraction of sp³-hybridized carbons (Fsp3) is 0.529. The normalized spacial score (nSPS) is 12.4. The highest BCUT2D eigenvalue weighted by molar-refractivity contribution is 7.98. The summed E-state index contributed by atoms with van der Waals surface area (Å²) in [5.41, 5.74) is 0.398. The monoisotopic (exact) mass is 355 g/mol. The second kappa shape index (κ2) is 8.82. The number of nitrogens with zero attached hydrogens (tertiary/aromatic N) is 1. The van der Waals surface area contributed by atoms with Gasteiger partial charge in [-0.3, -0.25) is 4.90 Å². The van der Waals surface area contributed by atoms with Gasteiger partial charge in [-0.2, -0.15) is 11.8 Å². The number of amides is 1. The minimum absolute atomic E-state index is 0.275. The molecule has 1 aromatic rings. The van der Waals surface area contributed by atoms with E-state index in [0.717, 1.165) is 16.2 Å². The number of carbonyl (C=O) groups excluding carboxylic acids is 1. The van der Waals surface area contributed by atoms with E-state index >= 15 is 0 Å². The predicted octanol–water partition coefficient (Wildman–Crippen LogP) is 3.25. The molecule has 0 fully saturated rings. The van der Waals surface area contributed by atoms with E-state index in [1.54, 1.807) is 27.9 Å². The molecule has 0 aromatic heterocycles. The number of methoxy groups -OCH3 is 1. The lowest BCUT2D eigenvalue weighted by Gasteiger charge is -2.28. The van der Waals surface area contributed by atoms with Gasteiger partial charge in [0.1, 0.15) is 17.4 Å². The lowest BCUT2D eigenvalue weighted by molar-refractivity contribution is -0.141. The van der Waals surface area contributed by atoms with Crippen molar-refractivity contribution in [2.45, 2.75) is 38.2 Å². The number of carboxylic acids is 1. The molecule has 0 spiro atoms. The molecule has 0 saturated carbocycles. The first kappa shape index (κ1) is 20.2. The van der Waals surface area contributed by atoms with Crippen LogP contribution in [0.5, 0.6) is 5.75 Å². The molecule has 0 aliphatic heterocycles. The number of carboxylic acid groups (broad SMARTS) is 1. The first-order chi connectivity index (χ1) is 11.1. The Morgan fingerprint density at radius 3 is 2.29 bits per heavy atom. The Bertz CT molecular complexity index is 553. The summed E-state index contributed by atoms with van der Waals surface area (Å²) in [7, 11) is 3.05. The van der Waals surface area contributed by atoms with Crippen LogP contribution in [0.15, 0.2) is 24.3 Å². The first-order valence-electron chi connectivity index (χ1n) is 7.53. The van der Waals surface area contributed by atoms with Crippen molar-refractivity contribution in [3.8, 4) is 5.75 Å². The third-order valence-corrected chi connectivity index (χ3v) is 4.23. The van der Waals surface area contributed by atoms with Gasteiger partial charge in [-0.25, -0.2) is 9.59 Å². The summed E-state index contributed by atoms with van der Waals surface area (Å²) in [6.45, 7) is 5.23. The standard InChI is InChI=1S/C17H25NO5S/c1-17(2,3)23-16(21)18(4)14(15(19)20)11-24-10-12-6-8-13(22-5)9-7-12/h6-9,14H,10-11H2,1-5H3,(H,19,20)/t14-/m0/s1. The summed E-state index contributed by atoms with van der Waals surface area (Å²) < 4.78 is 10.3. The maximum atomic E-state index is 12.0. The topological polar surface area (TPSA) is 76.1 Å². The lowest BCUT2D eigenvalue weighted by Crippen LogP contribution is -2.46. The fourth-order valence-corrected chi connectivity index (χ4v) is 2.96. The van der Waals surface area contributed by atoms with Crippen molar-refractivity contribution in [1.82, 2.24) is 4.90 Å². The summed E-state index contributed by atoms with van der Waals surface area (Å²) in [6, 6.07) is 6.63. The lowest BCUT2D eigenvalue weighted by atomic mass is 10.2. The van der Waals surface area contributed by atoms with E-state index in [9.17, 15) is 14.7 Å². The van der Waals surface area contributed by atoms with E-state index in [1.807, 2.05) is 24.3 Å². The number of likely N-dealkylation sites (N-methyl/N-ethyl adjacent to an activating group) is 1. The average Bonchev–Trinajstić information content (AvgIpc) is 2.49. The Labute approximate surface area is 147 Å². The van der Waals surface area contributed by atoms with Gasteiger partial charge < -0.3 is 14.6 Å². The average molecular weight is 355 g/mol. The smallest absolute Gasteiger partial charge is 0.410 e. The molecule has 7 heteroatoms. The molecule has 0 aliphatic carbocycles. The van der Waals surface area contributed by atoms with Gasteiger partial charge in [0.05, 0.1) is 7.11 Å². The number of ether oxygens (including phenoxy) is 2. The summed E-state index contributed by atoms with van der Waals surface area (Å²) in [5.74, 6) is 0.648. The SMILES string of the molecule is COc1ccc(CSC[C@@H](C(=O)O)N(C)C(=O)OC(C)(C)C)cc1. The number of hydrogen-bond acceptors (Lipinski definition) is 5. The maximum Gasteiger partial charge on any atom is 0.410 e. The Morgan fingerprint density at radius 1 is 1.25 bits per heavy atom. The number of aliphatic carboxylic acids is 1. The van der Waals surface area contributed by atoms with Gasteiger partial charge in [-0.15, -0.1) is 0 Å². The number of thioether (sulfide) groups is 1. The van der Waals surface area contributed by atoms with Crippen molar-refractivity contribution in [2.75, 3.05) is 19.9 Å². The van der Waals surface area contributed by atoms with E-state index in [-0.39, 0.29) is 5.75 Å². The van der Waals surface area contributed by atoms with E-state index in [2.05, 4.69) is 0 Å². The Balaban J connectivity index is 2.59. The van der Waals surface area contributed by atoms with Crippen LogP contribution in [0.3, 0.4) is 0 Å². The van der Waals surface area contributed by atoms with Gasteiger partial charge in [0.25, 0.3) is 0 Å². The molecule has 1 rings (SSSR count). The first-order valence-corrected chi connectivity index (χ1v) is 8.69. The molecule has 0 radical (unpaired) electrons.